The molecule has 1 N–H and O–H groups in total. The van der Waals surface area contributed by atoms with Crippen LogP contribution in [0.5, 0.6) is 11.5 Å². The van der Waals surface area contributed by atoms with Crippen molar-refractivity contribution in [3.63, 3.8) is 0 Å². The maximum absolute atomic E-state index is 13.6. The topological polar surface area (TPSA) is 113 Å². The number of alkyl halides is 3. The molecule has 0 aromatic heterocycles. The van der Waals surface area contributed by atoms with Gasteiger partial charge in [-0.25, -0.2) is 8.42 Å². The number of methoxy groups -OCH3 is 2. The Morgan fingerprint density at radius 2 is 1.59 bits per heavy atom. The molecule has 3 aromatic rings. The Bertz CT molecular complexity index is 1580. The lowest BCUT2D eigenvalue weighted by molar-refractivity contribution is -0.137. The van der Waals surface area contributed by atoms with Crippen molar-refractivity contribution in [2.45, 2.75) is 12.6 Å². The van der Waals surface area contributed by atoms with Crippen LogP contribution in [0.1, 0.15) is 21.5 Å². The van der Waals surface area contributed by atoms with Gasteiger partial charge in [0.15, 0.2) is 6.79 Å². The van der Waals surface area contributed by atoms with Crippen LogP contribution in [0.25, 0.3) is 11.1 Å². The molecule has 3 aromatic carbocycles. The van der Waals surface area contributed by atoms with Gasteiger partial charge in [0.25, 0.3) is 5.91 Å². The van der Waals surface area contributed by atoms with Crippen molar-refractivity contribution >= 4 is 27.3 Å². The molecule has 0 atom stereocenters. The fourth-order valence-electron chi connectivity index (χ4n) is 4.59. The van der Waals surface area contributed by atoms with Crippen molar-refractivity contribution in [2.75, 3.05) is 69.9 Å². The number of nitrogens with one attached hydrogen (secondary N) is 1. The normalized spacial score (nSPS) is 13.5. The smallest absolute Gasteiger partial charge is 0.416 e. The predicted octanol–water partition coefficient (Wildman–Crippen LogP) is 4.97. The van der Waals surface area contributed by atoms with Crippen molar-refractivity contribution in [3.8, 4) is 22.6 Å². The first-order valence-corrected chi connectivity index (χ1v) is 15.4. The Hall–Kier alpha value is -3.85. The lowest BCUT2D eigenvalue weighted by atomic mass is 9.93. The number of hydrogen-bond acceptors (Lipinski definition) is 8. The van der Waals surface area contributed by atoms with Crippen molar-refractivity contribution in [3.05, 3.63) is 71.3 Å². The first-order chi connectivity index (χ1) is 20.9. The zero-order valence-electron chi connectivity index (χ0n) is 24.4. The van der Waals surface area contributed by atoms with E-state index in [4.69, 9.17) is 23.7 Å². The third-order valence-electron chi connectivity index (χ3n) is 6.65. The van der Waals surface area contributed by atoms with E-state index in [1.54, 1.807) is 30.3 Å². The molecule has 1 aliphatic heterocycles. The number of fused-ring (bicyclic) bond motifs is 1. The monoisotopic (exact) mass is 638 g/mol. The molecule has 14 heteroatoms. The first kappa shape index (κ1) is 33.1. The van der Waals surface area contributed by atoms with Crippen LogP contribution in [0, 0.1) is 0 Å². The molecule has 0 bridgehead atoms. The van der Waals surface area contributed by atoms with Crippen LogP contribution >= 0.6 is 0 Å². The Morgan fingerprint density at radius 1 is 0.864 bits per heavy atom. The number of carbonyl (C=O) groups is 1. The van der Waals surface area contributed by atoms with Crippen molar-refractivity contribution in [1.29, 1.82) is 0 Å². The molecule has 44 heavy (non-hydrogen) atoms. The fraction of sp³-hybridized carbons (Fsp3) is 0.367. The average Bonchev–Trinajstić information content (AvgIpc) is 2.96. The van der Waals surface area contributed by atoms with E-state index in [1.807, 2.05) is 0 Å². The van der Waals surface area contributed by atoms with E-state index in [1.165, 1.54) is 31.3 Å². The summed E-state index contributed by atoms with van der Waals surface area (Å²) in [5.74, 6) is -0.0484. The van der Waals surface area contributed by atoms with Gasteiger partial charge in [0.2, 0.25) is 10.0 Å². The number of ether oxygens (including phenoxy) is 5. The van der Waals surface area contributed by atoms with Crippen LogP contribution < -0.4 is 19.1 Å². The highest BCUT2D eigenvalue weighted by Crippen LogP contribution is 2.39. The standard InChI is InChI=1S/C30H33F3N2O8S/c1-39-12-14-41-19-43-27-9-6-23(18-26(27)34-44(3,37)38)35-11-10-21-16-20(4-7-25(21)29(35)36)24-8-5-22(30(31,32)33)17-28(24)42-15-13-40-2/h4-9,16-18,34H,10-15,19H2,1-3H3. The lowest BCUT2D eigenvalue weighted by Gasteiger charge is -2.30. The molecule has 1 aliphatic rings. The molecule has 0 unspecified atom stereocenters. The number of halogens is 3. The second-order valence-electron chi connectivity index (χ2n) is 9.85. The van der Waals surface area contributed by atoms with Gasteiger partial charge in [-0.05, 0) is 53.9 Å². The van der Waals surface area contributed by atoms with Gasteiger partial charge in [0, 0.05) is 37.6 Å². The van der Waals surface area contributed by atoms with Gasteiger partial charge in [-0.3, -0.25) is 9.52 Å². The molecule has 0 saturated heterocycles. The minimum atomic E-state index is -4.54. The molecular formula is C30H33F3N2O8S. The van der Waals surface area contributed by atoms with E-state index in [9.17, 15) is 26.4 Å². The summed E-state index contributed by atoms with van der Waals surface area (Å²) in [5, 5.41) is 0. The molecule has 1 amide bonds. The molecule has 4 rings (SSSR count). The number of hydrogen-bond donors (Lipinski definition) is 1. The van der Waals surface area contributed by atoms with Gasteiger partial charge < -0.3 is 28.6 Å². The van der Waals surface area contributed by atoms with E-state index in [2.05, 4.69) is 4.72 Å². The zero-order chi connectivity index (χ0) is 31.9. The van der Waals surface area contributed by atoms with E-state index < -0.39 is 21.8 Å². The molecule has 10 nitrogen and oxygen atoms in total. The van der Waals surface area contributed by atoms with Gasteiger partial charge in [0.1, 0.15) is 18.1 Å². The second-order valence-corrected chi connectivity index (χ2v) is 11.6. The molecule has 1 heterocycles. The lowest BCUT2D eigenvalue weighted by Crippen LogP contribution is -2.37. The number of benzene rings is 3. The highest BCUT2D eigenvalue weighted by molar-refractivity contribution is 7.92. The van der Waals surface area contributed by atoms with E-state index >= 15 is 0 Å². The van der Waals surface area contributed by atoms with Crippen LogP contribution in [0.2, 0.25) is 0 Å². The molecular weight excluding hydrogens is 605 g/mol. The number of sulfonamides is 1. The van der Waals surface area contributed by atoms with Crippen LogP contribution in [-0.4, -0.2) is 74.6 Å². The summed E-state index contributed by atoms with van der Waals surface area (Å²) >= 11 is 0. The third-order valence-corrected chi connectivity index (χ3v) is 7.24. The minimum Gasteiger partial charge on any atom is -0.491 e. The molecule has 0 spiro atoms. The maximum atomic E-state index is 13.6. The van der Waals surface area contributed by atoms with Gasteiger partial charge in [-0.15, -0.1) is 0 Å². The SMILES string of the molecule is COCCOCOc1ccc(N2CCc3cc(-c4ccc(C(F)(F)F)cc4OCCOC)ccc3C2=O)cc1NS(C)(=O)=O. The molecule has 0 saturated carbocycles. The average molecular weight is 639 g/mol. The Morgan fingerprint density at radius 3 is 2.30 bits per heavy atom. The minimum absolute atomic E-state index is 0.0536. The van der Waals surface area contributed by atoms with Crippen LogP contribution in [0.15, 0.2) is 54.6 Å². The van der Waals surface area contributed by atoms with Gasteiger partial charge in [-0.1, -0.05) is 18.2 Å². The number of nitrogens with zero attached hydrogens (tertiary/aromatic N) is 1. The number of amides is 1. The fourth-order valence-corrected chi connectivity index (χ4v) is 5.15. The highest BCUT2D eigenvalue weighted by atomic mass is 32.2. The quantitative estimate of drug-likeness (QED) is 0.195. The summed E-state index contributed by atoms with van der Waals surface area (Å²) in [7, 11) is -0.678. The predicted molar refractivity (Wildman–Crippen MR) is 158 cm³/mol. The third kappa shape index (κ3) is 8.40. The van der Waals surface area contributed by atoms with E-state index in [0.717, 1.165) is 18.4 Å². The molecule has 0 radical (unpaired) electrons. The summed E-state index contributed by atoms with van der Waals surface area (Å²) in [6.45, 7) is 1.04. The zero-order valence-corrected chi connectivity index (χ0v) is 25.2. The van der Waals surface area contributed by atoms with Gasteiger partial charge in [0.05, 0.1) is 37.3 Å². The van der Waals surface area contributed by atoms with Crippen LogP contribution in [-0.2, 0) is 36.8 Å². The Kier molecular flexibility index (Phi) is 10.7. The largest absolute Gasteiger partial charge is 0.491 e. The molecule has 238 valence electrons. The Labute approximate surface area is 253 Å². The highest BCUT2D eigenvalue weighted by Gasteiger charge is 2.32. The van der Waals surface area contributed by atoms with Crippen molar-refractivity contribution in [2.24, 2.45) is 0 Å². The molecule has 0 aliphatic carbocycles. The summed E-state index contributed by atoms with van der Waals surface area (Å²) in [5.41, 5.74) is 1.92. The summed E-state index contributed by atoms with van der Waals surface area (Å²) < 4.78 is 93.0. The number of anilines is 2. The second kappa shape index (κ2) is 14.3. The molecule has 0 fully saturated rings. The van der Waals surface area contributed by atoms with Crippen LogP contribution in [0.4, 0.5) is 24.5 Å². The van der Waals surface area contributed by atoms with E-state index in [0.29, 0.717) is 41.0 Å². The van der Waals surface area contributed by atoms with Gasteiger partial charge >= 0.3 is 6.18 Å². The van der Waals surface area contributed by atoms with Crippen LogP contribution in [0.3, 0.4) is 0 Å². The van der Waals surface area contributed by atoms with E-state index in [-0.39, 0.29) is 56.3 Å². The van der Waals surface area contributed by atoms with Crippen molar-refractivity contribution in [1.82, 2.24) is 0 Å². The number of rotatable bonds is 14. The summed E-state index contributed by atoms with van der Waals surface area (Å²) in [6, 6.07) is 13.0. The number of carbonyl (C=O) groups excluding carboxylic acids is 1. The van der Waals surface area contributed by atoms with Crippen molar-refractivity contribution < 1.29 is 50.1 Å². The maximum Gasteiger partial charge on any atom is 0.416 e. The summed E-state index contributed by atoms with van der Waals surface area (Å²) in [6.07, 6.45) is -3.10. The Balaban J connectivity index is 1.60. The first-order valence-electron chi connectivity index (χ1n) is 13.5. The summed E-state index contributed by atoms with van der Waals surface area (Å²) in [4.78, 5) is 15.1. The van der Waals surface area contributed by atoms with Gasteiger partial charge in [-0.2, -0.15) is 13.2 Å².